The Bertz CT molecular complexity index is 613. The molecule has 1 aliphatic rings. The number of guanidine groups is 1. The molecule has 1 saturated heterocycles. The van der Waals surface area contributed by atoms with Gasteiger partial charge in [-0.2, -0.15) is 0 Å². The van der Waals surface area contributed by atoms with Crippen LogP contribution in [-0.2, 0) is 11.3 Å². The third kappa shape index (κ3) is 6.40. The summed E-state index contributed by atoms with van der Waals surface area (Å²) in [6.45, 7) is 6.00. The highest BCUT2D eigenvalue weighted by Gasteiger charge is 2.28. The number of hydrogen-bond donors (Lipinski definition) is 0. The third-order valence-electron chi connectivity index (χ3n) is 3.85. The highest BCUT2D eigenvalue weighted by atomic mass is 35.5. The first kappa shape index (κ1) is 20.3. The van der Waals surface area contributed by atoms with Gasteiger partial charge in [0.15, 0.2) is 5.03 Å². The summed E-state index contributed by atoms with van der Waals surface area (Å²) in [5, 5.41) is 14.2. The zero-order chi connectivity index (χ0) is 18.9. The van der Waals surface area contributed by atoms with Gasteiger partial charge in [-0.05, 0) is 24.5 Å². The predicted octanol–water partition coefficient (Wildman–Crippen LogP) is 2.06. The quantitative estimate of drug-likeness (QED) is 0.278. The van der Waals surface area contributed by atoms with Crippen molar-refractivity contribution in [3.8, 4) is 0 Å². The summed E-state index contributed by atoms with van der Waals surface area (Å²) in [5.41, 5.74) is 0.909. The zero-order valence-corrected chi connectivity index (χ0v) is 15.9. The predicted molar refractivity (Wildman–Crippen MR) is 99.1 cm³/mol. The van der Waals surface area contributed by atoms with E-state index in [9.17, 15) is 10.1 Å². The van der Waals surface area contributed by atoms with Crippen LogP contribution in [0.3, 0.4) is 0 Å². The fraction of sp³-hybridized carbons (Fsp3) is 0.625. The lowest BCUT2D eigenvalue weighted by molar-refractivity contribution is -0.486. The Morgan fingerprint density at radius 2 is 2.19 bits per heavy atom. The van der Waals surface area contributed by atoms with E-state index < -0.39 is 5.03 Å². The van der Waals surface area contributed by atoms with Crippen LogP contribution in [-0.4, -0.2) is 70.8 Å². The molecule has 1 aliphatic heterocycles. The Balaban J connectivity index is 2.02. The van der Waals surface area contributed by atoms with E-state index in [4.69, 9.17) is 16.3 Å². The van der Waals surface area contributed by atoms with E-state index in [1.54, 1.807) is 24.2 Å². The van der Waals surface area contributed by atoms with Crippen molar-refractivity contribution < 1.29 is 9.77 Å². The minimum absolute atomic E-state index is 0.337. The molecule has 144 valence electrons. The molecule has 0 N–H and O–H groups in total. The van der Waals surface area contributed by atoms with E-state index in [1.807, 2.05) is 11.0 Å². The first-order valence-corrected chi connectivity index (χ1v) is 8.97. The molecule has 1 aromatic heterocycles. The lowest BCUT2D eigenvalue weighted by Crippen LogP contribution is -2.57. The average Bonchev–Trinajstić information content (AvgIpc) is 2.59. The van der Waals surface area contributed by atoms with Crippen LogP contribution < -0.4 is 0 Å². The molecular weight excluding hydrogens is 360 g/mol. The number of nitrogens with zero attached hydrogens (tertiary/aromatic N) is 6. The Labute approximate surface area is 158 Å². The molecule has 0 spiro atoms. The van der Waals surface area contributed by atoms with Crippen molar-refractivity contribution in [3.63, 3.8) is 0 Å². The first-order chi connectivity index (χ1) is 12.5. The lowest BCUT2D eigenvalue weighted by Gasteiger charge is -2.41. The highest BCUT2D eigenvalue weighted by molar-refractivity contribution is 6.29. The molecule has 1 fully saturated rings. The standard InChI is InChI=1S/C16H25ClN6O3/c1-3-8-26-9-4-7-21-12-20(2)16(19-23(24)25)22(13-21)11-14-5-6-15(17)18-10-14/h5-6,10H,3-4,7-9,11-13H2,1-2H3/b19-16-. The smallest absolute Gasteiger partial charge is 0.276 e. The number of rotatable bonds is 9. The van der Waals surface area contributed by atoms with Gasteiger partial charge in [-0.3, -0.25) is 4.90 Å². The van der Waals surface area contributed by atoms with Gasteiger partial charge in [0.05, 0.1) is 13.3 Å². The summed E-state index contributed by atoms with van der Waals surface area (Å²) in [6.07, 6.45) is 3.59. The van der Waals surface area contributed by atoms with Gasteiger partial charge >= 0.3 is 0 Å². The van der Waals surface area contributed by atoms with Crippen molar-refractivity contribution in [1.29, 1.82) is 0 Å². The summed E-state index contributed by atoms with van der Waals surface area (Å²) in [4.78, 5) is 20.8. The fourth-order valence-electron chi connectivity index (χ4n) is 2.79. The van der Waals surface area contributed by atoms with Crippen LogP contribution in [0.25, 0.3) is 0 Å². The van der Waals surface area contributed by atoms with E-state index >= 15 is 0 Å². The lowest BCUT2D eigenvalue weighted by atomic mass is 10.2. The van der Waals surface area contributed by atoms with Gasteiger partial charge in [-0.1, -0.05) is 24.6 Å². The average molecular weight is 385 g/mol. The Morgan fingerprint density at radius 3 is 2.85 bits per heavy atom. The molecule has 0 unspecified atom stereocenters. The highest BCUT2D eigenvalue weighted by Crippen LogP contribution is 2.15. The maximum atomic E-state index is 10.9. The molecule has 0 saturated carbocycles. The normalized spacial score (nSPS) is 17.1. The molecule has 0 radical (unpaired) electrons. The maximum absolute atomic E-state index is 10.9. The summed E-state index contributed by atoms with van der Waals surface area (Å²) < 4.78 is 5.52. The van der Waals surface area contributed by atoms with Gasteiger partial charge in [0, 0.05) is 39.5 Å². The zero-order valence-electron chi connectivity index (χ0n) is 15.2. The number of halogens is 1. The van der Waals surface area contributed by atoms with Crippen LogP contribution in [0, 0.1) is 10.1 Å². The number of hydrogen-bond acceptors (Lipinski definition) is 5. The first-order valence-electron chi connectivity index (χ1n) is 8.59. The van der Waals surface area contributed by atoms with Crippen molar-refractivity contribution in [3.05, 3.63) is 39.2 Å². The Kier molecular flexibility index (Phi) is 8.02. The molecule has 10 heteroatoms. The van der Waals surface area contributed by atoms with Crippen molar-refractivity contribution in [1.82, 2.24) is 19.7 Å². The summed E-state index contributed by atoms with van der Waals surface area (Å²) in [6, 6.07) is 3.56. The van der Waals surface area contributed by atoms with Crippen molar-refractivity contribution in [2.24, 2.45) is 5.10 Å². The molecule has 0 aliphatic carbocycles. The number of pyridine rings is 1. The van der Waals surface area contributed by atoms with E-state index in [0.717, 1.165) is 31.6 Å². The van der Waals surface area contributed by atoms with Gasteiger partial charge in [0.1, 0.15) is 10.3 Å². The number of nitro groups is 1. The minimum Gasteiger partial charge on any atom is -0.381 e. The third-order valence-corrected chi connectivity index (χ3v) is 4.08. The molecule has 26 heavy (non-hydrogen) atoms. The number of aromatic nitrogens is 1. The van der Waals surface area contributed by atoms with Crippen LogP contribution >= 0.6 is 11.6 Å². The monoisotopic (exact) mass is 384 g/mol. The molecule has 0 bridgehead atoms. The molecular formula is C16H25ClN6O3. The number of ether oxygens (including phenoxy) is 1. The van der Waals surface area contributed by atoms with Crippen molar-refractivity contribution in [2.75, 3.05) is 40.1 Å². The van der Waals surface area contributed by atoms with E-state index in [0.29, 0.717) is 37.6 Å². The van der Waals surface area contributed by atoms with Crippen LogP contribution in [0.4, 0.5) is 0 Å². The van der Waals surface area contributed by atoms with Crippen molar-refractivity contribution in [2.45, 2.75) is 26.3 Å². The molecule has 0 atom stereocenters. The van der Waals surface area contributed by atoms with E-state index in [-0.39, 0.29) is 0 Å². The Hall–Kier alpha value is -1.97. The topological polar surface area (TPSA) is 87.3 Å². The molecule has 2 heterocycles. The SMILES string of the molecule is CCCOCCCN1CN(C)/C(=N/[N+](=O)[O-])N(Cc2ccc(Cl)nc2)C1. The van der Waals surface area contributed by atoms with Crippen LogP contribution in [0.15, 0.2) is 23.4 Å². The molecule has 2 rings (SSSR count). The second-order valence-corrected chi connectivity index (χ2v) is 6.55. The minimum atomic E-state index is -0.660. The van der Waals surface area contributed by atoms with Gasteiger partial charge < -0.3 is 14.5 Å². The molecule has 0 amide bonds. The van der Waals surface area contributed by atoms with Crippen molar-refractivity contribution >= 4 is 17.6 Å². The maximum Gasteiger partial charge on any atom is 0.276 e. The fourth-order valence-corrected chi connectivity index (χ4v) is 2.90. The van der Waals surface area contributed by atoms with Crippen LogP contribution in [0.1, 0.15) is 25.3 Å². The summed E-state index contributed by atoms with van der Waals surface area (Å²) in [5.74, 6) is 0.337. The van der Waals surface area contributed by atoms with E-state index in [2.05, 4.69) is 21.9 Å². The van der Waals surface area contributed by atoms with Crippen LogP contribution in [0.2, 0.25) is 5.15 Å². The van der Waals surface area contributed by atoms with Gasteiger partial charge in [0.25, 0.3) is 5.96 Å². The molecule has 0 aromatic carbocycles. The summed E-state index contributed by atoms with van der Waals surface area (Å²) >= 11 is 5.83. The van der Waals surface area contributed by atoms with E-state index in [1.165, 1.54) is 0 Å². The summed E-state index contributed by atoms with van der Waals surface area (Å²) in [7, 11) is 1.80. The van der Waals surface area contributed by atoms with Gasteiger partial charge in [-0.25, -0.2) is 15.1 Å². The van der Waals surface area contributed by atoms with Gasteiger partial charge in [-0.15, -0.1) is 0 Å². The molecule has 9 nitrogen and oxygen atoms in total. The van der Waals surface area contributed by atoms with Crippen LogP contribution in [0.5, 0.6) is 0 Å². The molecule has 1 aromatic rings. The Morgan fingerprint density at radius 1 is 1.38 bits per heavy atom. The largest absolute Gasteiger partial charge is 0.381 e. The second kappa shape index (κ2) is 10.2. The van der Waals surface area contributed by atoms with Gasteiger partial charge in [0.2, 0.25) is 0 Å². The number of hydrazone groups is 1. The second-order valence-electron chi connectivity index (χ2n) is 6.17.